The van der Waals surface area contributed by atoms with E-state index in [1.807, 2.05) is 13.0 Å². The summed E-state index contributed by atoms with van der Waals surface area (Å²) in [6, 6.07) is 10.2. The summed E-state index contributed by atoms with van der Waals surface area (Å²) in [7, 11) is 1.63. The Morgan fingerprint density at radius 3 is 2.62 bits per heavy atom. The Balaban J connectivity index is 2.38. The molecule has 0 saturated heterocycles. The quantitative estimate of drug-likeness (QED) is 0.651. The molecule has 0 fully saturated rings. The predicted molar refractivity (Wildman–Crippen MR) is 81.0 cm³/mol. The molecule has 4 heteroatoms. The van der Waals surface area contributed by atoms with Crippen LogP contribution in [0.4, 0.5) is 10.1 Å². The third-order valence-corrected chi connectivity index (χ3v) is 3.74. The summed E-state index contributed by atoms with van der Waals surface area (Å²) in [5.41, 5.74) is 3.39. The van der Waals surface area contributed by atoms with Crippen LogP contribution in [0, 0.1) is 19.4 Å². The van der Waals surface area contributed by atoms with Crippen molar-refractivity contribution in [3.63, 3.8) is 0 Å². The first-order valence-corrected chi connectivity index (χ1v) is 6.47. The van der Waals surface area contributed by atoms with Gasteiger partial charge >= 0.3 is 0 Å². The summed E-state index contributed by atoms with van der Waals surface area (Å²) < 4.78 is 15.3. The number of halogens is 1. The van der Waals surface area contributed by atoms with Gasteiger partial charge in [0.05, 0.1) is 6.57 Å². The average molecular weight is 280 g/mol. The van der Waals surface area contributed by atoms with Crippen molar-refractivity contribution in [2.24, 2.45) is 7.05 Å². The van der Waals surface area contributed by atoms with Crippen molar-refractivity contribution in [2.45, 2.75) is 6.92 Å². The largest absolute Gasteiger partial charge is 0.508 e. The molecule has 1 N–H and O–H groups in total. The monoisotopic (exact) mass is 280 g/mol. The Labute approximate surface area is 121 Å². The van der Waals surface area contributed by atoms with Crippen molar-refractivity contribution >= 4 is 16.6 Å². The van der Waals surface area contributed by atoms with E-state index in [-0.39, 0.29) is 11.7 Å². The highest BCUT2D eigenvalue weighted by molar-refractivity contribution is 5.98. The van der Waals surface area contributed by atoms with Crippen LogP contribution < -0.4 is 0 Å². The summed E-state index contributed by atoms with van der Waals surface area (Å²) >= 11 is 0. The molecule has 0 aliphatic rings. The molecule has 0 aliphatic carbocycles. The zero-order valence-corrected chi connectivity index (χ0v) is 11.7. The van der Waals surface area contributed by atoms with Gasteiger partial charge in [-0.3, -0.25) is 0 Å². The lowest BCUT2D eigenvalue weighted by molar-refractivity contribution is 0.471. The molecule has 21 heavy (non-hydrogen) atoms. The van der Waals surface area contributed by atoms with Crippen molar-refractivity contribution < 1.29 is 9.50 Å². The van der Waals surface area contributed by atoms with Gasteiger partial charge in [0.2, 0.25) is 0 Å². The van der Waals surface area contributed by atoms with E-state index in [1.54, 1.807) is 31.3 Å². The lowest BCUT2D eigenvalue weighted by Gasteiger charge is -2.08. The minimum Gasteiger partial charge on any atom is -0.508 e. The maximum Gasteiger partial charge on any atom is 0.194 e. The Kier molecular flexibility index (Phi) is 2.91. The van der Waals surface area contributed by atoms with Gasteiger partial charge in [-0.15, -0.1) is 0 Å². The van der Waals surface area contributed by atoms with Gasteiger partial charge in [-0.05, 0) is 41.8 Å². The van der Waals surface area contributed by atoms with Crippen molar-refractivity contribution in [3.05, 3.63) is 59.3 Å². The molecule has 3 rings (SSSR count). The maximum absolute atomic E-state index is 13.8. The molecule has 0 atom stereocenters. The first-order chi connectivity index (χ1) is 10.0. The van der Waals surface area contributed by atoms with Crippen LogP contribution >= 0.6 is 0 Å². The summed E-state index contributed by atoms with van der Waals surface area (Å²) in [5.74, 6) is -0.171. The fraction of sp³-hybridized carbons (Fsp3) is 0.118. The van der Waals surface area contributed by atoms with Crippen LogP contribution in [0.2, 0.25) is 0 Å². The zero-order valence-electron chi connectivity index (χ0n) is 11.7. The molecule has 104 valence electrons. The lowest BCUT2D eigenvalue weighted by atomic mass is 9.99. The SMILES string of the molecule is [C-]#[N+]c1cc(-c2ccc(C)c(O)c2)c2cc(F)n(C)c2c1. The molecule has 2 aromatic carbocycles. The second-order valence-electron chi connectivity index (χ2n) is 5.07. The number of benzene rings is 2. The van der Waals surface area contributed by atoms with E-state index < -0.39 is 0 Å². The van der Waals surface area contributed by atoms with Crippen LogP contribution in [0.5, 0.6) is 5.75 Å². The van der Waals surface area contributed by atoms with Crippen molar-refractivity contribution in [1.82, 2.24) is 4.57 Å². The Morgan fingerprint density at radius 1 is 1.19 bits per heavy atom. The molecule has 3 aromatic rings. The molecule has 3 nitrogen and oxygen atoms in total. The summed E-state index contributed by atoms with van der Waals surface area (Å²) in [6.07, 6.45) is 0. The molecule has 0 bridgehead atoms. The smallest absolute Gasteiger partial charge is 0.194 e. The molecule has 1 heterocycles. The van der Waals surface area contributed by atoms with Gasteiger partial charge in [-0.25, -0.2) is 4.85 Å². The van der Waals surface area contributed by atoms with Gasteiger partial charge in [0, 0.05) is 24.0 Å². The van der Waals surface area contributed by atoms with E-state index in [2.05, 4.69) is 4.85 Å². The Morgan fingerprint density at radius 2 is 1.95 bits per heavy atom. The predicted octanol–water partition coefficient (Wildman–Crippen LogP) is 4.55. The number of aryl methyl sites for hydroxylation is 2. The van der Waals surface area contributed by atoms with Gasteiger partial charge in [-0.1, -0.05) is 12.1 Å². The lowest BCUT2D eigenvalue weighted by Crippen LogP contribution is -1.90. The highest BCUT2D eigenvalue weighted by Crippen LogP contribution is 2.36. The minimum atomic E-state index is -0.357. The number of hydrogen-bond donors (Lipinski definition) is 1. The average Bonchev–Trinajstić information content (AvgIpc) is 2.76. The van der Waals surface area contributed by atoms with Crippen LogP contribution in [0.1, 0.15) is 5.56 Å². The van der Waals surface area contributed by atoms with Crippen LogP contribution in [-0.2, 0) is 7.05 Å². The minimum absolute atomic E-state index is 0.185. The summed E-state index contributed by atoms with van der Waals surface area (Å²) in [4.78, 5) is 3.45. The number of aromatic nitrogens is 1. The van der Waals surface area contributed by atoms with Crippen LogP contribution in [0.25, 0.3) is 26.9 Å². The first-order valence-electron chi connectivity index (χ1n) is 6.47. The number of aromatic hydroxyl groups is 1. The van der Waals surface area contributed by atoms with Gasteiger partial charge in [0.15, 0.2) is 11.6 Å². The molecule has 0 radical (unpaired) electrons. The third kappa shape index (κ3) is 2.03. The molecule has 0 aliphatic heterocycles. The third-order valence-electron chi connectivity index (χ3n) is 3.74. The maximum atomic E-state index is 13.8. The number of rotatable bonds is 1. The summed E-state index contributed by atoms with van der Waals surface area (Å²) in [6.45, 7) is 9.02. The second-order valence-corrected chi connectivity index (χ2v) is 5.07. The Hall–Kier alpha value is -2.80. The van der Waals surface area contributed by atoms with Crippen molar-refractivity contribution in [3.8, 4) is 16.9 Å². The molecule has 0 saturated carbocycles. The number of phenols is 1. The standard InChI is InChI=1S/C17H13FN2O/c1-10-4-5-11(6-16(10)21)13-7-12(19-2)8-15-14(13)9-17(18)20(15)3/h4-9,21H,1,3H3. The van der Waals surface area contributed by atoms with E-state index in [1.165, 1.54) is 10.6 Å². The number of phenolic OH excluding ortho intramolecular Hbond substituents is 1. The topological polar surface area (TPSA) is 29.5 Å². The van der Waals surface area contributed by atoms with E-state index >= 15 is 0 Å². The molecule has 0 unspecified atom stereocenters. The summed E-state index contributed by atoms with van der Waals surface area (Å²) in [5, 5.41) is 10.6. The number of hydrogen-bond acceptors (Lipinski definition) is 1. The van der Waals surface area contributed by atoms with Gasteiger partial charge in [0.25, 0.3) is 0 Å². The van der Waals surface area contributed by atoms with E-state index in [4.69, 9.17) is 6.57 Å². The molecular weight excluding hydrogens is 267 g/mol. The first kappa shape index (κ1) is 13.2. The highest BCUT2D eigenvalue weighted by atomic mass is 19.1. The molecule has 1 aromatic heterocycles. The normalized spacial score (nSPS) is 10.8. The van der Waals surface area contributed by atoms with E-state index in [0.717, 1.165) is 22.1 Å². The molecule has 0 spiro atoms. The van der Waals surface area contributed by atoms with Gasteiger partial charge in [-0.2, -0.15) is 4.39 Å². The fourth-order valence-electron chi connectivity index (χ4n) is 2.46. The number of nitrogens with zero attached hydrogens (tertiary/aromatic N) is 2. The highest BCUT2D eigenvalue weighted by Gasteiger charge is 2.13. The van der Waals surface area contributed by atoms with Crippen LogP contribution in [0.15, 0.2) is 36.4 Å². The second kappa shape index (κ2) is 4.64. The van der Waals surface area contributed by atoms with E-state index in [0.29, 0.717) is 11.2 Å². The molecular formula is C17H13FN2O. The Bertz CT molecular complexity index is 903. The van der Waals surface area contributed by atoms with E-state index in [9.17, 15) is 9.50 Å². The zero-order chi connectivity index (χ0) is 15.1. The van der Waals surface area contributed by atoms with Crippen molar-refractivity contribution in [1.29, 1.82) is 0 Å². The van der Waals surface area contributed by atoms with Gasteiger partial charge < -0.3 is 9.67 Å². The van der Waals surface area contributed by atoms with Crippen LogP contribution in [-0.4, -0.2) is 9.67 Å². The van der Waals surface area contributed by atoms with Crippen molar-refractivity contribution in [2.75, 3.05) is 0 Å². The molecule has 0 amide bonds. The van der Waals surface area contributed by atoms with Gasteiger partial charge in [0.1, 0.15) is 5.75 Å². The van der Waals surface area contributed by atoms with Crippen LogP contribution in [0.3, 0.4) is 0 Å². The number of fused-ring (bicyclic) bond motifs is 1. The fourth-order valence-corrected chi connectivity index (χ4v) is 2.46.